The second-order valence-corrected chi connectivity index (χ2v) is 3.94. The molecule has 0 saturated heterocycles. The van der Waals surface area contributed by atoms with Gasteiger partial charge in [0.2, 0.25) is 5.88 Å². The van der Waals surface area contributed by atoms with Crippen LogP contribution in [0.25, 0.3) is 0 Å². The zero-order valence-corrected chi connectivity index (χ0v) is 8.51. The van der Waals surface area contributed by atoms with Gasteiger partial charge in [-0.3, -0.25) is 4.68 Å². The molecule has 0 radical (unpaired) electrons. The van der Waals surface area contributed by atoms with Crippen molar-refractivity contribution in [3.8, 4) is 5.88 Å². The van der Waals surface area contributed by atoms with E-state index in [1.165, 1.54) is 11.3 Å². The molecule has 0 fully saturated rings. The second kappa shape index (κ2) is 2.48. The molecule has 0 saturated carbocycles. The van der Waals surface area contributed by atoms with Crippen molar-refractivity contribution in [2.45, 2.75) is 25.9 Å². The highest BCUT2D eigenvalue weighted by molar-refractivity contribution is 5.39. The molecular weight excluding hydrogens is 166 g/mol. The molecule has 2 rings (SSSR count). The molecule has 0 unspecified atom stereocenters. The molecule has 4 heteroatoms. The summed E-state index contributed by atoms with van der Waals surface area (Å²) in [5.74, 6) is 0.746. The van der Waals surface area contributed by atoms with Crippen LogP contribution in [-0.4, -0.2) is 16.9 Å². The third kappa shape index (κ3) is 1.05. The third-order valence-corrected chi connectivity index (χ3v) is 2.60. The minimum absolute atomic E-state index is 0.00780. The van der Waals surface area contributed by atoms with Gasteiger partial charge in [-0.1, -0.05) is 0 Å². The van der Waals surface area contributed by atoms with E-state index >= 15 is 0 Å². The topological polar surface area (TPSA) is 39.1 Å². The van der Waals surface area contributed by atoms with Gasteiger partial charge in [0.05, 0.1) is 23.9 Å². The third-order valence-electron chi connectivity index (χ3n) is 2.60. The SMILES string of the molecule is COc1nn(C)c2c1CNC2(C)C. The molecule has 2 heterocycles. The zero-order chi connectivity index (χ0) is 9.64. The Morgan fingerprint density at radius 3 is 2.85 bits per heavy atom. The maximum absolute atomic E-state index is 5.20. The Morgan fingerprint density at radius 1 is 1.54 bits per heavy atom. The van der Waals surface area contributed by atoms with Crippen LogP contribution in [0.1, 0.15) is 25.1 Å². The van der Waals surface area contributed by atoms with Crippen molar-refractivity contribution in [1.82, 2.24) is 15.1 Å². The first-order chi connectivity index (χ1) is 6.06. The first-order valence-corrected chi connectivity index (χ1v) is 4.41. The summed E-state index contributed by atoms with van der Waals surface area (Å²) in [6, 6.07) is 0. The van der Waals surface area contributed by atoms with Gasteiger partial charge in [-0.05, 0) is 13.8 Å². The number of fused-ring (bicyclic) bond motifs is 1. The van der Waals surface area contributed by atoms with Crippen molar-refractivity contribution in [3.05, 3.63) is 11.3 Å². The summed E-state index contributed by atoms with van der Waals surface area (Å²) < 4.78 is 7.10. The van der Waals surface area contributed by atoms with Crippen molar-refractivity contribution in [1.29, 1.82) is 0 Å². The van der Waals surface area contributed by atoms with E-state index in [1.807, 2.05) is 11.7 Å². The lowest BCUT2D eigenvalue weighted by Crippen LogP contribution is -2.31. The summed E-state index contributed by atoms with van der Waals surface area (Å²) in [6.07, 6.45) is 0. The van der Waals surface area contributed by atoms with E-state index in [0.29, 0.717) is 0 Å². The minimum atomic E-state index is 0.00780. The van der Waals surface area contributed by atoms with Crippen LogP contribution in [0.3, 0.4) is 0 Å². The lowest BCUT2D eigenvalue weighted by Gasteiger charge is -2.19. The van der Waals surface area contributed by atoms with Crippen molar-refractivity contribution in [2.24, 2.45) is 7.05 Å². The van der Waals surface area contributed by atoms with Crippen LogP contribution in [0.15, 0.2) is 0 Å². The molecule has 1 aromatic rings. The number of nitrogens with zero attached hydrogens (tertiary/aromatic N) is 2. The smallest absolute Gasteiger partial charge is 0.237 e. The monoisotopic (exact) mass is 181 g/mol. The average Bonchev–Trinajstić information content (AvgIpc) is 2.53. The van der Waals surface area contributed by atoms with E-state index < -0.39 is 0 Å². The first-order valence-electron chi connectivity index (χ1n) is 4.41. The number of nitrogens with one attached hydrogen (secondary N) is 1. The van der Waals surface area contributed by atoms with E-state index in [-0.39, 0.29) is 5.54 Å². The maximum Gasteiger partial charge on any atom is 0.237 e. The van der Waals surface area contributed by atoms with Crippen LogP contribution in [0.4, 0.5) is 0 Å². The molecule has 0 aliphatic carbocycles. The zero-order valence-electron chi connectivity index (χ0n) is 8.51. The molecule has 1 aliphatic heterocycles. The Hall–Kier alpha value is -1.03. The molecule has 1 N–H and O–H groups in total. The van der Waals surface area contributed by atoms with Gasteiger partial charge in [-0.25, -0.2) is 0 Å². The molecule has 0 bridgehead atoms. The Morgan fingerprint density at radius 2 is 2.23 bits per heavy atom. The van der Waals surface area contributed by atoms with Gasteiger partial charge in [-0.2, -0.15) is 0 Å². The number of rotatable bonds is 1. The predicted molar refractivity (Wildman–Crippen MR) is 49.6 cm³/mol. The van der Waals surface area contributed by atoms with E-state index in [2.05, 4.69) is 24.3 Å². The lowest BCUT2D eigenvalue weighted by molar-refractivity contribution is 0.372. The summed E-state index contributed by atoms with van der Waals surface area (Å²) in [4.78, 5) is 0. The molecule has 0 amide bonds. The molecular formula is C9H15N3O. The van der Waals surface area contributed by atoms with Gasteiger partial charge in [0.25, 0.3) is 0 Å². The van der Waals surface area contributed by atoms with Crippen LogP contribution < -0.4 is 10.1 Å². The fourth-order valence-electron chi connectivity index (χ4n) is 2.04. The number of ether oxygens (including phenoxy) is 1. The fraction of sp³-hybridized carbons (Fsp3) is 0.667. The largest absolute Gasteiger partial charge is 0.480 e. The average molecular weight is 181 g/mol. The molecule has 13 heavy (non-hydrogen) atoms. The lowest BCUT2D eigenvalue weighted by atomic mass is 10.0. The van der Waals surface area contributed by atoms with Gasteiger partial charge < -0.3 is 10.1 Å². The van der Waals surface area contributed by atoms with Crippen LogP contribution in [0.5, 0.6) is 5.88 Å². The molecule has 0 atom stereocenters. The summed E-state index contributed by atoms with van der Waals surface area (Å²) >= 11 is 0. The summed E-state index contributed by atoms with van der Waals surface area (Å²) in [7, 11) is 3.62. The predicted octanol–water partition coefficient (Wildman–Crippen LogP) is 0.767. The number of methoxy groups -OCH3 is 1. The highest BCUT2D eigenvalue weighted by Crippen LogP contribution is 2.34. The van der Waals surface area contributed by atoms with Crippen molar-refractivity contribution < 1.29 is 4.74 Å². The summed E-state index contributed by atoms with van der Waals surface area (Å²) in [6.45, 7) is 5.15. The van der Waals surface area contributed by atoms with Crippen molar-refractivity contribution in [2.75, 3.05) is 7.11 Å². The molecule has 0 spiro atoms. The Balaban J connectivity index is 2.59. The van der Waals surface area contributed by atoms with Gasteiger partial charge in [-0.15, -0.1) is 5.10 Å². The van der Waals surface area contributed by atoms with E-state index in [9.17, 15) is 0 Å². The van der Waals surface area contributed by atoms with Gasteiger partial charge in [0.1, 0.15) is 0 Å². The van der Waals surface area contributed by atoms with E-state index in [1.54, 1.807) is 7.11 Å². The number of aryl methyl sites for hydroxylation is 1. The number of hydrogen-bond acceptors (Lipinski definition) is 3. The fourth-order valence-corrected chi connectivity index (χ4v) is 2.04. The van der Waals surface area contributed by atoms with Crippen LogP contribution >= 0.6 is 0 Å². The minimum Gasteiger partial charge on any atom is -0.480 e. The standard InChI is InChI=1S/C9H15N3O/c1-9(2)7-6(5-10-9)8(13-4)11-12(7)3/h10H,5H2,1-4H3. The molecule has 0 aromatic carbocycles. The normalized spacial score (nSPS) is 18.8. The highest BCUT2D eigenvalue weighted by atomic mass is 16.5. The quantitative estimate of drug-likeness (QED) is 0.695. The van der Waals surface area contributed by atoms with Gasteiger partial charge in [0, 0.05) is 13.6 Å². The van der Waals surface area contributed by atoms with Crippen LogP contribution in [0, 0.1) is 0 Å². The second-order valence-electron chi connectivity index (χ2n) is 3.94. The van der Waals surface area contributed by atoms with Crippen LogP contribution in [-0.2, 0) is 19.1 Å². The molecule has 1 aromatic heterocycles. The van der Waals surface area contributed by atoms with Crippen molar-refractivity contribution >= 4 is 0 Å². The van der Waals surface area contributed by atoms with Crippen molar-refractivity contribution in [3.63, 3.8) is 0 Å². The summed E-state index contributed by atoms with van der Waals surface area (Å²) in [5.41, 5.74) is 2.42. The first kappa shape index (κ1) is 8.56. The van der Waals surface area contributed by atoms with Gasteiger partial charge >= 0.3 is 0 Å². The molecule has 4 nitrogen and oxygen atoms in total. The highest BCUT2D eigenvalue weighted by Gasteiger charge is 2.35. The van der Waals surface area contributed by atoms with Crippen LogP contribution in [0.2, 0.25) is 0 Å². The number of hydrogen-bond donors (Lipinski definition) is 1. The van der Waals surface area contributed by atoms with Gasteiger partial charge in [0.15, 0.2) is 0 Å². The van der Waals surface area contributed by atoms with E-state index in [4.69, 9.17) is 4.74 Å². The Bertz CT molecular complexity index is 341. The number of aromatic nitrogens is 2. The Labute approximate surface area is 77.9 Å². The molecule has 1 aliphatic rings. The Kier molecular flexibility index (Phi) is 1.63. The maximum atomic E-state index is 5.20. The van der Waals surface area contributed by atoms with E-state index in [0.717, 1.165) is 12.4 Å². The molecule has 72 valence electrons. The summed E-state index contributed by atoms with van der Waals surface area (Å²) in [5, 5.41) is 7.72.